The summed E-state index contributed by atoms with van der Waals surface area (Å²) in [6, 6.07) is 12.6. The van der Waals surface area contributed by atoms with Gasteiger partial charge in [-0.25, -0.2) is 13.6 Å². The van der Waals surface area contributed by atoms with Gasteiger partial charge in [0.1, 0.15) is 11.3 Å². The van der Waals surface area contributed by atoms with Crippen molar-refractivity contribution >= 4 is 35.0 Å². The Morgan fingerprint density at radius 2 is 1.65 bits per heavy atom. The molecule has 2 heterocycles. The lowest BCUT2D eigenvalue weighted by molar-refractivity contribution is -0.135. The van der Waals surface area contributed by atoms with E-state index in [0.29, 0.717) is 17.1 Å². The number of imide groups is 1. The number of hydrogen-bond donors (Lipinski definition) is 1. The molecule has 0 unspecified atom stereocenters. The number of fused-ring (bicyclic) bond motifs is 1. The van der Waals surface area contributed by atoms with Crippen molar-refractivity contribution < 1.29 is 32.7 Å². The molecule has 0 radical (unpaired) electrons. The molecule has 34 heavy (non-hydrogen) atoms. The summed E-state index contributed by atoms with van der Waals surface area (Å²) in [7, 11) is 0. The summed E-state index contributed by atoms with van der Waals surface area (Å²) in [5, 5.41) is 2.53. The first kappa shape index (κ1) is 22.0. The third-order valence-electron chi connectivity index (χ3n) is 6.54. The summed E-state index contributed by atoms with van der Waals surface area (Å²) in [5.74, 6) is -3.69. The highest BCUT2D eigenvalue weighted by molar-refractivity contribution is 6.11. The third kappa shape index (κ3) is 3.68. The van der Waals surface area contributed by atoms with E-state index in [1.807, 2.05) is 0 Å². The van der Waals surface area contributed by atoms with E-state index in [-0.39, 0.29) is 30.9 Å². The average molecular weight is 469 g/mol. The zero-order valence-electron chi connectivity index (χ0n) is 18.1. The monoisotopic (exact) mass is 469 g/mol. The molecular formula is C24H21F2N3O5. The van der Waals surface area contributed by atoms with Crippen molar-refractivity contribution in [2.45, 2.75) is 37.1 Å². The van der Waals surface area contributed by atoms with Gasteiger partial charge in [-0.05, 0) is 49.2 Å². The van der Waals surface area contributed by atoms with Crippen LogP contribution in [0.1, 0.15) is 36.0 Å². The highest BCUT2D eigenvalue weighted by Crippen LogP contribution is 2.41. The number of ether oxygens (including phenoxy) is 1. The fourth-order valence-electron chi connectivity index (χ4n) is 4.62. The number of urea groups is 1. The van der Waals surface area contributed by atoms with Gasteiger partial charge in [-0.15, -0.1) is 0 Å². The molecule has 5 rings (SSSR count). The average Bonchev–Trinajstić information content (AvgIpc) is 3.05. The fraction of sp³-hybridized carbons (Fsp3) is 0.333. The van der Waals surface area contributed by atoms with Gasteiger partial charge in [0.25, 0.3) is 11.8 Å². The number of para-hydroxylation sites is 2. The summed E-state index contributed by atoms with van der Waals surface area (Å²) < 4.78 is 32.5. The van der Waals surface area contributed by atoms with Crippen LogP contribution in [-0.4, -0.2) is 53.1 Å². The zero-order chi connectivity index (χ0) is 24.1. The zero-order valence-corrected chi connectivity index (χ0v) is 18.1. The van der Waals surface area contributed by atoms with Crippen LogP contribution in [0.4, 0.5) is 25.0 Å². The molecule has 2 aromatic rings. The van der Waals surface area contributed by atoms with Crippen LogP contribution in [0.15, 0.2) is 48.5 Å². The first-order chi connectivity index (χ1) is 16.2. The number of carbonyl (C=O) groups excluding carboxylic acids is 4. The molecule has 1 aliphatic carbocycles. The van der Waals surface area contributed by atoms with Crippen molar-refractivity contribution in [3.8, 4) is 5.75 Å². The van der Waals surface area contributed by atoms with Crippen LogP contribution in [0, 0.1) is 0 Å². The Balaban J connectivity index is 1.31. The number of alkyl halides is 2. The number of ketones is 1. The number of halogens is 2. The molecule has 1 saturated carbocycles. The molecule has 176 valence electrons. The highest BCUT2D eigenvalue weighted by Gasteiger charge is 2.55. The highest BCUT2D eigenvalue weighted by atomic mass is 19.3. The molecule has 2 aromatic carbocycles. The first-order valence-corrected chi connectivity index (χ1v) is 10.9. The Kier molecular flexibility index (Phi) is 5.11. The molecule has 3 aliphatic rings. The predicted molar refractivity (Wildman–Crippen MR) is 116 cm³/mol. The maximum Gasteiger partial charge on any atom is 0.325 e. The molecule has 2 fully saturated rings. The minimum Gasteiger partial charge on any atom is -0.482 e. The standard InChI is InChI=1S/C24H21F2N3O5/c25-24(26)11-9-23(10-12-24)21(32)28(22(33)27-23)13-18(30)15-5-7-16(8-6-15)29-17-3-1-2-4-19(17)34-14-20(29)31/h1-8H,9-14H2,(H,27,33). The largest absolute Gasteiger partial charge is 0.482 e. The van der Waals surface area contributed by atoms with Crippen molar-refractivity contribution in [2.75, 3.05) is 18.1 Å². The van der Waals surface area contributed by atoms with E-state index in [0.717, 1.165) is 4.90 Å². The van der Waals surface area contributed by atoms with Crippen LogP contribution in [0.2, 0.25) is 0 Å². The topological polar surface area (TPSA) is 96.0 Å². The molecule has 2 aliphatic heterocycles. The van der Waals surface area contributed by atoms with Crippen LogP contribution in [0.5, 0.6) is 5.75 Å². The van der Waals surface area contributed by atoms with Gasteiger partial charge in [0.05, 0.1) is 12.2 Å². The molecule has 10 heteroatoms. The summed E-state index contributed by atoms with van der Waals surface area (Å²) in [5.41, 5.74) is -0.00291. The van der Waals surface area contributed by atoms with E-state index < -0.39 is 48.6 Å². The second-order valence-corrected chi connectivity index (χ2v) is 8.72. The number of anilines is 2. The predicted octanol–water partition coefficient (Wildman–Crippen LogP) is 3.43. The fourth-order valence-corrected chi connectivity index (χ4v) is 4.62. The molecular weight excluding hydrogens is 448 g/mol. The van der Waals surface area contributed by atoms with Gasteiger partial charge in [-0.2, -0.15) is 0 Å². The van der Waals surface area contributed by atoms with Crippen molar-refractivity contribution in [1.82, 2.24) is 10.2 Å². The van der Waals surface area contributed by atoms with E-state index >= 15 is 0 Å². The van der Waals surface area contributed by atoms with Gasteiger partial charge in [0.15, 0.2) is 12.4 Å². The molecule has 0 aromatic heterocycles. The summed E-state index contributed by atoms with van der Waals surface area (Å²) in [6.45, 7) is -0.612. The maximum absolute atomic E-state index is 13.5. The third-order valence-corrected chi connectivity index (χ3v) is 6.54. The van der Waals surface area contributed by atoms with Gasteiger partial charge in [0.2, 0.25) is 5.92 Å². The second kappa shape index (κ2) is 7.89. The van der Waals surface area contributed by atoms with Crippen molar-refractivity contribution in [3.05, 3.63) is 54.1 Å². The van der Waals surface area contributed by atoms with E-state index in [1.54, 1.807) is 36.4 Å². The van der Waals surface area contributed by atoms with Crippen LogP contribution in [0.3, 0.4) is 0 Å². The number of amides is 4. The maximum atomic E-state index is 13.5. The minimum atomic E-state index is -2.86. The van der Waals surface area contributed by atoms with Crippen molar-refractivity contribution in [2.24, 2.45) is 0 Å². The van der Waals surface area contributed by atoms with Crippen LogP contribution >= 0.6 is 0 Å². The molecule has 1 saturated heterocycles. The number of Topliss-reactive ketones (excluding diaryl/α,β-unsaturated/α-hetero) is 1. The van der Waals surface area contributed by atoms with E-state index in [2.05, 4.69) is 5.32 Å². The molecule has 8 nitrogen and oxygen atoms in total. The lowest BCUT2D eigenvalue weighted by atomic mass is 9.80. The van der Waals surface area contributed by atoms with Crippen LogP contribution < -0.4 is 15.0 Å². The van der Waals surface area contributed by atoms with Crippen molar-refractivity contribution in [3.63, 3.8) is 0 Å². The quantitative estimate of drug-likeness (QED) is 0.547. The number of benzene rings is 2. The summed E-state index contributed by atoms with van der Waals surface area (Å²) in [4.78, 5) is 52.8. The lowest BCUT2D eigenvalue weighted by Gasteiger charge is -2.34. The Hall–Kier alpha value is -3.82. The van der Waals surface area contributed by atoms with E-state index in [1.165, 1.54) is 17.0 Å². The van der Waals surface area contributed by atoms with Gasteiger partial charge in [-0.3, -0.25) is 24.2 Å². The normalized spacial score (nSPS) is 20.7. The van der Waals surface area contributed by atoms with Crippen LogP contribution in [0.25, 0.3) is 0 Å². The molecule has 1 spiro atoms. The summed E-state index contributed by atoms with van der Waals surface area (Å²) >= 11 is 0. The van der Waals surface area contributed by atoms with Crippen molar-refractivity contribution in [1.29, 1.82) is 0 Å². The number of rotatable bonds is 4. The lowest BCUT2D eigenvalue weighted by Crippen LogP contribution is -2.51. The van der Waals surface area contributed by atoms with Gasteiger partial charge >= 0.3 is 6.03 Å². The van der Waals surface area contributed by atoms with Gasteiger partial charge in [0, 0.05) is 24.1 Å². The van der Waals surface area contributed by atoms with Gasteiger partial charge in [-0.1, -0.05) is 12.1 Å². The first-order valence-electron chi connectivity index (χ1n) is 10.9. The second-order valence-electron chi connectivity index (χ2n) is 8.72. The number of nitrogens with zero attached hydrogens (tertiary/aromatic N) is 2. The van der Waals surface area contributed by atoms with Gasteiger partial charge < -0.3 is 10.1 Å². The number of carbonyl (C=O) groups is 4. The molecule has 1 N–H and O–H groups in total. The smallest absolute Gasteiger partial charge is 0.325 e. The Morgan fingerprint density at radius 3 is 2.35 bits per heavy atom. The Labute approximate surface area is 193 Å². The Morgan fingerprint density at radius 1 is 0.971 bits per heavy atom. The van der Waals surface area contributed by atoms with E-state index in [4.69, 9.17) is 4.74 Å². The molecule has 4 amide bonds. The summed E-state index contributed by atoms with van der Waals surface area (Å²) in [6.07, 6.45) is -1.32. The van der Waals surface area contributed by atoms with E-state index in [9.17, 15) is 28.0 Å². The molecule has 0 bridgehead atoms. The van der Waals surface area contributed by atoms with Crippen LogP contribution in [-0.2, 0) is 9.59 Å². The SMILES string of the molecule is O=C(CN1C(=O)NC2(CCC(F)(F)CC2)C1=O)c1ccc(N2C(=O)COc3ccccc32)cc1. The number of nitrogens with one attached hydrogen (secondary N) is 1. The Bertz CT molecular complexity index is 1190. The number of hydrogen-bond acceptors (Lipinski definition) is 5. The molecule has 0 atom stereocenters. The minimum absolute atomic E-state index is 0.114.